The Balaban J connectivity index is 0.000000144. The molecule has 3 saturated heterocycles. The van der Waals surface area contributed by atoms with Gasteiger partial charge in [0.25, 0.3) is 0 Å². The molecule has 3 N–H and O–H groups in total. The van der Waals surface area contributed by atoms with Crippen molar-refractivity contribution in [1.29, 1.82) is 0 Å². The molecule has 109 heavy (non-hydrogen) atoms. The van der Waals surface area contributed by atoms with Gasteiger partial charge in [-0.1, -0.05) is 76.7 Å². The summed E-state index contributed by atoms with van der Waals surface area (Å²) in [6.07, 6.45) is 6.88. The Morgan fingerprint density at radius 3 is 1.06 bits per heavy atom. The van der Waals surface area contributed by atoms with Crippen molar-refractivity contribution in [2.24, 2.45) is 0 Å². The van der Waals surface area contributed by atoms with E-state index in [1.807, 2.05) is 125 Å². The summed E-state index contributed by atoms with van der Waals surface area (Å²) in [5.41, 5.74) is 13.7. The number of anilines is 6. The number of fused-ring (bicyclic) bond motifs is 3. The van der Waals surface area contributed by atoms with E-state index in [1.165, 1.54) is 16.7 Å². The molecule has 0 bridgehead atoms. The van der Waals surface area contributed by atoms with Crippen LogP contribution in [0.15, 0.2) is 176 Å². The quantitative estimate of drug-likeness (QED) is 0.0608. The Labute approximate surface area is 653 Å². The lowest BCUT2D eigenvalue weighted by Gasteiger charge is -2.28. The number of hydrogen-bond donors (Lipinski definition) is 3. The zero-order chi connectivity index (χ0) is 76.1. The molecule has 15 rings (SSSR count). The number of nitrogens with zero attached hydrogens (tertiary/aromatic N) is 15. The van der Waals surface area contributed by atoms with Gasteiger partial charge in [-0.05, 0) is 203 Å². The fourth-order valence-corrected chi connectivity index (χ4v) is 13.9. The second-order valence-corrected chi connectivity index (χ2v) is 29.4. The Kier molecular flexibility index (Phi) is 25.4. The molecule has 0 spiro atoms. The van der Waals surface area contributed by atoms with Gasteiger partial charge in [0.15, 0.2) is 34.9 Å². The van der Waals surface area contributed by atoms with Crippen molar-refractivity contribution in [3.05, 3.63) is 230 Å². The zero-order valence-corrected chi connectivity index (χ0v) is 64.7. The Morgan fingerprint density at radius 2 is 0.716 bits per heavy atom. The highest BCUT2D eigenvalue weighted by atomic mass is 35.5. The predicted octanol–water partition coefficient (Wildman–Crippen LogP) is 13.0. The molecular formula is C81H86Cl4N18O6. The Hall–Kier alpha value is -10.1. The first kappa shape index (κ1) is 77.1. The summed E-state index contributed by atoms with van der Waals surface area (Å²) in [4.78, 5) is 65.6. The van der Waals surface area contributed by atoms with Crippen LogP contribution < -0.4 is 30.7 Å². The molecule has 0 unspecified atom stereocenters. The van der Waals surface area contributed by atoms with Crippen molar-refractivity contribution in [2.75, 3.05) is 152 Å². The molecule has 0 atom stereocenters. The molecule has 24 nitrogen and oxygen atoms in total. The number of ether oxygens (including phenoxy) is 3. The van der Waals surface area contributed by atoms with Gasteiger partial charge < -0.3 is 59.6 Å². The van der Waals surface area contributed by atoms with Crippen LogP contribution in [0.2, 0.25) is 20.1 Å². The summed E-state index contributed by atoms with van der Waals surface area (Å²) in [6, 6.07) is 49.0. The number of morpholine rings is 3. The fourth-order valence-electron chi connectivity index (χ4n) is 13.0. The van der Waals surface area contributed by atoms with Gasteiger partial charge in [-0.2, -0.15) is 0 Å². The van der Waals surface area contributed by atoms with E-state index in [1.54, 1.807) is 42.5 Å². The topological polar surface area (TPSA) is 225 Å². The van der Waals surface area contributed by atoms with Crippen molar-refractivity contribution < 1.29 is 28.6 Å². The summed E-state index contributed by atoms with van der Waals surface area (Å²) in [5.74, 6) is 4.26. The lowest BCUT2D eigenvalue weighted by atomic mass is 10.1. The van der Waals surface area contributed by atoms with E-state index >= 15 is 0 Å². The average molecular weight is 1550 g/mol. The minimum Gasteiger partial charge on any atom is -0.378 e. The summed E-state index contributed by atoms with van der Waals surface area (Å²) in [5, 5.41) is 25.5. The number of rotatable bonds is 21. The predicted molar refractivity (Wildman–Crippen MR) is 433 cm³/mol. The minimum atomic E-state index is -0.162. The number of carbonyl (C=O) groups is 3. The van der Waals surface area contributed by atoms with Gasteiger partial charge in [-0.3, -0.25) is 14.4 Å². The van der Waals surface area contributed by atoms with Crippen LogP contribution in [-0.2, 0) is 67.5 Å². The molecule has 3 amide bonds. The number of carbonyl (C=O) groups excluding carboxylic acids is 3. The molecule has 28 heteroatoms. The van der Waals surface area contributed by atoms with Gasteiger partial charge in [0.1, 0.15) is 16.6 Å². The lowest BCUT2D eigenvalue weighted by molar-refractivity contribution is -0.116. The van der Waals surface area contributed by atoms with Crippen molar-refractivity contribution in [2.45, 2.75) is 38.9 Å². The second kappa shape index (κ2) is 36.0. The first-order chi connectivity index (χ1) is 52.7. The fraction of sp³-hybridized carbons (Fsp3) is 0.296. The SMILES string of the molecule is CN(C)Cc1cc2c(N3CCOCC3)nc(-c3ccc(NC(=O)Cc4ccc(Cl)cc4)cc3)nn2c1.CN(C)Cc1cc2c(N3CCOCC3)nc(-c3ccc(NC(=O)Cc4ccc(Cl)cc4Cl)cc3)nn2c1.CN(C)Cc1cc2c(N3CCOCC3)nc(-c3ccc(NC(=O)Cc4cccc(Cl)c4)cc3)nn2c1. The third-order valence-corrected chi connectivity index (χ3v) is 19.2. The number of hydrogen-bond acceptors (Lipinski definition) is 18. The molecule has 0 radical (unpaired) electrons. The van der Waals surface area contributed by atoms with Gasteiger partial charge in [-0.15, -0.1) is 15.3 Å². The van der Waals surface area contributed by atoms with Crippen molar-refractivity contribution in [3.8, 4) is 34.2 Å². The lowest BCUT2D eigenvalue weighted by Crippen LogP contribution is -2.37. The number of halogens is 4. The molecule has 3 aliphatic rings. The minimum absolute atomic E-state index is 0.0851. The number of amides is 3. The van der Waals surface area contributed by atoms with Crippen LogP contribution >= 0.6 is 46.4 Å². The van der Waals surface area contributed by atoms with Gasteiger partial charge in [0.05, 0.1) is 58.9 Å². The van der Waals surface area contributed by atoms with E-state index in [-0.39, 0.29) is 37.0 Å². The molecule has 0 saturated carbocycles. The number of nitrogens with one attached hydrogen (secondary N) is 3. The Morgan fingerprint density at radius 1 is 0.376 bits per heavy atom. The molecular weight excluding hydrogens is 1460 g/mol. The van der Waals surface area contributed by atoms with Crippen LogP contribution in [0.25, 0.3) is 50.7 Å². The van der Waals surface area contributed by atoms with Crippen molar-refractivity contribution >= 4 is 115 Å². The third-order valence-electron chi connectivity index (χ3n) is 18.1. The summed E-state index contributed by atoms with van der Waals surface area (Å²) in [6.45, 7) is 11.3. The van der Waals surface area contributed by atoms with Gasteiger partial charge >= 0.3 is 0 Å². The summed E-state index contributed by atoms with van der Waals surface area (Å²) >= 11 is 24.1. The first-order valence-electron chi connectivity index (χ1n) is 36.0. The maximum atomic E-state index is 12.6. The maximum absolute atomic E-state index is 12.6. The standard InChI is InChI=1S/C27H28Cl2N6O2.2C27H29ClN6O2/c1-33(2)16-18-13-24-27(34-9-11-37-12-10-34)31-26(32-35(24)17-18)19-4-7-22(8-5-19)30-25(36)14-20-3-6-21(28)15-23(20)29;1-32(2)17-20-15-24-27(33-11-13-36-14-12-33)30-26(31-34(24)18-20)21-5-9-23(10-6-21)29-25(35)16-19-3-7-22(28)8-4-19;1-32(2)17-20-15-24-27(33-10-12-36-13-11-33)30-26(31-34(24)18-20)21-6-8-23(9-7-21)29-25(35)16-19-4-3-5-22(28)14-19/h3-8,13,15,17H,9-12,14,16H2,1-2H3,(H,30,36);3-10,15,18H,11-14,16-17H2,1-2H3,(H,29,35);3-9,14-15,18H,10-13,16-17H2,1-2H3,(H,29,35). The van der Waals surface area contributed by atoms with E-state index < -0.39 is 0 Å². The zero-order valence-electron chi connectivity index (χ0n) is 61.6. The van der Waals surface area contributed by atoms with Gasteiger partial charge in [-0.25, -0.2) is 28.5 Å². The molecule has 3 aliphatic heterocycles. The highest BCUT2D eigenvalue weighted by Crippen LogP contribution is 2.32. The molecule has 564 valence electrons. The van der Waals surface area contributed by atoms with Crippen LogP contribution in [0.5, 0.6) is 0 Å². The monoisotopic (exact) mass is 1550 g/mol. The van der Waals surface area contributed by atoms with Gasteiger partial charge in [0.2, 0.25) is 17.7 Å². The summed E-state index contributed by atoms with van der Waals surface area (Å²) < 4.78 is 22.4. The highest BCUT2D eigenvalue weighted by Gasteiger charge is 2.24. The summed E-state index contributed by atoms with van der Waals surface area (Å²) in [7, 11) is 12.3. The largest absolute Gasteiger partial charge is 0.378 e. The van der Waals surface area contributed by atoms with Crippen LogP contribution in [-0.4, -0.2) is 197 Å². The number of aromatic nitrogens is 9. The number of benzene rings is 6. The van der Waals surface area contributed by atoms with E-state index in [0.717, 1.165) is 138 Å². The van der Waals surface area contributed by atoms with Crippen molar-refractivity contribution in [1.82, 2.24) is 58.5 Å². The second-order valence-electron chi connectivity index (χ2n) is 27.7. The Bertz CT molecular complexity index is 5140. The van der Waals surface area contributed by atoms with E-state index in [9.17, 15) is 14.4 Å². The highest BCUT2D eigenvalue weighted by molar-refractivity contribution is 6.35. The molecule has 9 heterocycles. The molecule has 3 fully saturated rings. The van der Waals surface area contributed by atoms with Crippen LogP contribution in [0.1, 0.15) is 33.4 Å². The molecule has 6 aromatic carbocycles. The molecule has 6 aromatic heterocycles. The molecule has 0 aliphatic carbocycles. The average Bonchev–Trinajstić information content (AvgIpc) is 1.68. The van der Waals surface area contributed by atoms with Crippen LogP contribution in [0.4, 0.5) is 34.5 Å². The van der Waals surface area contributed by atoms with Crippen molar-refractivity contribution in [3.63, 3.8) is 0 Å². The molecule has 12 aromatic rings. The van der Waals surface area contributed by atoms with E-state index in [2.05, 4.69) is 110 Å². The van der Waals surface area contributed by atoms with Crippen LogP contribution in [0, 0.1) is 0 Å². The first-order valence-corrected chi connectivity index (χ1v) is 37.5. The van der Waals surface area contributed by atoms with E-state index in [0.29, 0.717) is 82.9 Å². The van der Waals surface area contributed by atoms with E-state index in [4.69, 9.17) is 90.9 Å². The smallest absolute Gasteiger partial charge is 0.228 e. The van der Waals surface area contributed by atoms with Crippen LogP contribution in [0.3, 0.4) is 0 Å². The maximum Gasteiger partial charge on any atom is 0.228 e. The third kappa shape index (κ3) is 20.6. The van der Waals surface area contributed by atoms with Gasteiger partial charge in [0, 0.05) is 131 Å². The normalized spacial score (nSPS) is 13.9.